The molecule has 3 aliphatic heterocycles. The fraction of sp³-hybridized carbons (Fsp3) is 0.636. The van der Waals surface area contributed by atoms with Gasteiger partial charge in [0.05, 0.1) is 22.0 Å². The Kier molecular flexibility index (Phi) is 11.3. The number of ether oxygens (including phenoxy) is 2. The standard InChI is InChI=1S/C44H63ClN4O4S/c1-29(2)49-31(4)23-47(24-32(49)5)27-44(52-7)20-9-11-30(3)33(6)54(8,51)46-42(50)35-14-18-41-40(22-35)48(25-36-13-16-39(36)44)26-43(28-53-41)19-10-12-34-21-37(45)15-17-38(34)43/h9,14-15,17-18,20-22,29-33,36,39H,8,10-13,16,19,23-28H2,1-7H3,(H,46,50,51)/b20-9+/t30-,31-,32+,33+,36-,39+,43-,44-,54?/m0/s1. The number of methoxy groups -OCH3 is 1. The molecule has 10 heteroatoms. The van der Waals surface area contributed by atoms with Gasteiger partial charge < -0.3 is 14.4 Å². The Hall–Kier alpha value is -2.56. The van der Waals surface area contributed by atoms with E-state index in [4.69, 9.17) is 21.1 Å². The molecule has 0 aromatic heterocycles. The van der Waals surface area contributed by atoms with Crippen molar-refractivity contribution in [2.75, 3.05) is 51.3 Å². The lowest BCUT2D eigenvalue weighted by Crippen LogP contribution is -2.63. The molecule has 0 radical (unpaired) electrons. The molecule has 2 bridgehead atoms. The number of nitrogens with zero attached hydrogens (tertiary/aromatic N) is 3. The summed E-state index contributed by atoms with van der Waals surface area (Å²) in [6, 6.07) is 13.5. The molecule has 5 aliphatic rings. The van der Waals surface area contributed by atoms with Gasteiger partial charge in [0, 0.05) is 79.2 Å². The Bertz CT molecular complexity index is 1840. The maximum atomic E-state index is 14.1. The summed E-state index contributed by atoms with van der Waals surface area (Å²) in [7, 11) is -1.06. The summed E-state index contributed by atoms with van der Waals surface area (Å²) in [5.41, 5.74) is 3.30. The molecule has 1 saturated carbocycles. The molecule has 2 aliphatic carbocycles. The average Bonchev–Trinajstić information content (AvgIpc) is 3.25. The third-order valence-corrected chi connectivity index (χ3v) is 16.3. The fourth-order valence-corrected chi connectivity index (χ4v) is 12.5. The molecule has 1 saturated heterocycles. The molecule has 54 heavy (non-hydrogen) atoms. The van der Waals surface area contributed by atoms with Gasteiger partial charge in [-0.15, -0.1) is 0 Å². The van der Waals surface area contributed by atoms with E-state index in [1.54, 1.807) is 6.07 Å². The van der Waals surface area contributed by atoms with Gasteiger partial charge in [0.1, 0.15) is 11.4 Å². The molecule has 1 spiro atoms. The third-order valence-electron chi connectivity index (χ3n) is 13.9. The summed E-state index contributed by atoms with van der Waals surface area (Å²) >= 11 is 6.53. The molecule has 9 atom stereocenters. The fourth-order valence-electron chi connectivity index (χ4n) is 10.8. The van der Waals surface area contributed by atoms with Gasteiger partial charge in [-0.2, -0.15) is 0 Å². The van der Waals surface area contributed by atoms with Crippen LogP contribution < -0.4 is 14.4 Å². The second-order valence-electron chi connectivity index (χ2n) is 17.8. The van der Waals surface area contributed by atoms with Crippen molar-refractivity contribution in [2.45, 2.75) is 114 Å². The van der Waals surface area contributed by atoms with Crippen LogP contribution >= 0.6 is 11.6 Å². The van der Waals surface area contributed by atoms with Crippen molar-refractivity contribution in [3.8, 4) is 5.75 Å². The zero-order valence-electron chi connectivity index (χ0n) is 33.6. The molecule has 1 unspecified atom stereocenters. The molecule has 296 valence electrons. The lowest BCUT2D eigenvalue weighted by Gasteiger charge is -2.54. The number of rotatable bonds is 4. The molecule has 8 nitrogen and oxygen atoms in total. The van der Waals surface area contributed by atoms with Crippen LogP contribution in [0.3, 0.4) is 0 Å². The Morgan fingerprint density at radius 3 is 2.52 bits per heavy atom. The zero-order chi connectivity index (χ0) is 38.6. The van der Waals surface area contributed by atoms with E-state index in [0.29, 0.717) is 48.6 Å². The van der Waals surface area contributed by atoms with Gasteiger partial charge in [-0.25, -0.2) is 4.21 Å². The van der Waals surface area contributed by atoms with Crippen molar-refractivity contribution in [2.24, 2.45) is 17.8 Å². The van der Waals surface area contributed by atoms with Gasteiger partial charge in [-0.3, -0.25) is 19.3 Å². The number of benzene rings is 2. The van der Waals surface area contributed by atoms with Crippen LogP contribution in [0, 0.1) is 17.8 Å². The van der Waals surface area contributed by atoms with Crippen molar-refractivity contribution >= 4 is 38.8 Å². The predicted molar refractivity (Wildman–Crippen MR) is 224 cm³/mol. The summed E-state index contributed by atoms with van der Waals surface area (Å²) in [5, 5.41) is 0.435. The molecule has 2 fully saturated rings. The van der Waals surface area contributed by atoms with Crippen LogP contribution in [0.25, 0.3) is 0 Å². The molecule has 2 aromatic carbocycles. The summed E-state index contributed by atoms with van der Waals surface area (Å²) < 4.78 is 30.5. The van der Waals surface area contributed by atoms with E-state index in [9.17, 15) is 9.00 Å². The minimum atomic E-state index is -2.96. The van der Waals surface area contributed by atoms with Gasteiger partial charge in [0.25, 0.3) is 5.91 Å². The third kappa shape index (κ3) is 7.49. The number of allylic oxidation sites excluding steroid dienone is 1. The molecule has 1 N–H and O–H groups in total. The van der Waals surface area contributed by atoms with E-state index < -0.39 is 15.3 Å². The Labute approximate surface area is 330 Å². The first-order valence-electron chi connectivity index (χ1n) is 20.4. The SMILES string of the molecule is C=S1(=O)NC(=O)c2ccc3c(c2)N(C[C@@H]2CC[C@H]2[C@](CN2C[C@@H](C)N(C(C)C)[C@@H](C)C2)(OC)/C=C/C[C@H](C)[C@H]1C)C[C@@]1(CCCc2cc(Cl)ccc21)CO3. The van der Waals surface area contributed by atoms with Crippen molar-refractivity contribution in [3.63, 3.8) is 0 Å². The normalized spacial score (nSPS) is 37.1. The summed E-state index contributed by atoms with van der Waals surface area (Å²) in [6.07, 6.45) is 10.6. The van der Waals surface area contributed by atoms with Gasteiger partial charge >= 0.3 is 0 Å². The van der Waals surface area contributed by atoms with E-state index >= 15 is 0 Å². The Morgan fingerprint density at radius 1 is 1.07 bits per heavy atom. The second kappa shape index (κ2) is 15.4. The molecule has 7 rings (SSSR count). The van der Waals surface area contributed by atoms with E-state index in [-0.39, 0.29) is 22.5 Å². The van der Waals surface area contributed by atoms with Gasteiger partial charge in [-0.05, 0) is 138 Å². The van der Waals surface area contributed by atoms with Crippen LogP contribution in [0.1, 0.15) is 95.1 Å². The highest BCUT2D eigenvalue weighted by atomic mass is 35.5. The van der Waals surface area contributed by atoms with E-state index in [2.05, 4.69) is 84.2 Å². The van der Waals surface area contributed by atoms with Crippen molar-refractivity contribution in [3.05, 3.63) is 70.3 Å². The number of hydrogen-bond donors (Lipinski definition) is 1. The van der Waals surface area contributed by atoms with Crippen LogP contribution in [-0.4, -0.2) is 101 Å². The minimum absolute atomic E-state index is 0.0289. The highest BCUT2D eigenvalue weighted by molar-refractivity contribution is 7.99. The number of amides is 1. The lowest BCUT2D eigenvalue weighted by atomic mass is 9.63. The minimum Gasteiger partial charge on any atom is -0.490 e. The molecular formula is C44H63ClN4O4S. The van der Waals surface area contributed by atoms with Gasteiger partial charge in [-0.1, -0.05) is 36.7 Å². The van der Waals surface area contributed by atoms with Crippen molar-refractivity contribution in [1.29, 1.82) is 0 Å². The number of halogens is 1. The molecule has 3 heterocycles. The van der Waals surface area contributed by atoms with Crippen LogP contribution in [-0.2, 0) is 26.3 Å². The quantitative estimate of drug-likeness (QED) is 0.257. The number of carbonyl (C=O) groups is 1. The maximum absolute atomic E-state index is 14.1. The first-order chi connectivity index (χ1) is 25.6. The first kappa shape index (κ1) is 39.7. The van der Waals surface area contributed by atoms with E-state index in [1.165, 1.54) is 11.1 Å². The van der Waals surface area contributed by atoms with Crippen LogP contribution in [0.15, 0.2) is 48.6 Å². The second-order valence-corrected chi connectivity index (χ2v) is 20.6. The highest BCUT2D eigenvalue weighted by Crippen LogP contribution is 2.49. The van der Waals surface area contributed by atoms with E-state index in [1.807, 2.05) is 32.2 Å². The predicted octanol–water partition coefficient (Wildman–Crippen LogP) is 7.37. The number of nitrogens with one attached hydrogen (secondary N) is 1. The van der Waals surface area contributed by atoms with E-state index in [0.717, 1.165) is 81.3 Å². The summed E-state index contributed by atoms with van der Waals surface area (Å²) in [5.74, 6) is 5.21. The lowest BCUT2D eigenvalue weighted by molar-refractivity contribution is -0.104. The number of aryl methyl sites for hydroxylation is 1. The number of carbonyl (C=O) groups excluding carboxylic acids is 1. The Balaban J connectivity index is 1.30. The van der Waals surface area contributed by atoms with Crippen LogP contribution in [0.5, 0.6) is 5.75 Å². The number of hydrogen-bond acceptors (Lipinski definition) is 7. The number of fused-ring (bicyclic) bond motifs is 4. The smallest absolute Gasteiger partial charge is 0.262 e. The zero-order valence-corrected chi connectivity index (χ0v) is 35.2. The maximum Gasteiger partial charge on any atom is 0.262 e. The molecule has 2 aromatic rings. The average molecular weight is 780 g/mol. The van der Waals surface area contributed by atoms with Crippen molar-refractivity contribution in [1.82, 2.24) is 14.5 Å². The van der Waals surface area contributed by atoms with Gasteiger partial charge in [0.15, 0.2) is 0 Å². The summed E-state index contributed by atoms with van der Waals surface area (Å²) in [4.78, 5) is 21.6. The molecule has 1 amide bonds. The number of piperazine rings is 1. The first-order valence-corrected chi connectivity index (χ1v) is 22.5. The van der Waals surface area contributed by atoms with Crippen LogP contribution in [0.4, 0.5) is 5.69 Å². The summed E-state index contributed by atoms with van der Waals surface area (Å²) in [6.45, 7) is 18.4. The van der Waals surface area contributed by atoms with Crippen LogP contribution in [0.2, 0.25) is 5.02 Å². The largest absolute Gasteiger partial charge is 0.490 e. The topological polar surface area (TPSA) is 74.4 Å². The molecular weight excluding hydrogens is 716 g/mol. The number of anilines is 1. The monoisotopic (exact) mass is 778 g/mol. The Morgan fingerprint density at radius 2 is 1.83 bits per heavy atom. The van der Waals surface area contributed by atoms with Gasteiger partial charge in [0.2, 0.25) is 0 Å². The van der Waals surface area contributed by atoms with Crippen molar-refractivity contribution < 1.29 is 18.5 Å². The highest BCUT2D eigenvalue weighted by Gasteiger charge is 2.50.